The number of nitrogens with one attached hydrogen (secondary N) is 2. The van der Waals surface area contributed by atoms with Gasteiger partial charge in [0.25, 0.3) is 0 Å². The minimum Gasteiger partial charge on any atom is -0.385 e. The average Bonchev–Trinajstić information content (AvgIpc) is 3.28. The maximum absolute atomic E-state index is 12.5. The van der Waals surface area contributed by atoms with E-state index in [-0.39, 0.29) is 11.8 Å². The molecule has 1 saturated carbocycles. The Morgan fingerprint density at radius 1 is 1.23 bits per heavy atom. The van der Waals surface area contributed by atoms with Gasteiger partial charge in [0.2, 0.25) is 11.8 Å². The van der Waals surface area contributed by atoms with Crippen LogP contribution in [0.15, 0.2) is 18.2 Å². The molecule has 1 fully saturated rings. The van der Waals surface area contributed by atoms with Gasteiger partial charge in [-0.15, -0.1) is 0 Å². The van der Waals surface area contributed by atoms with Crippen molar-refractivity contribution in [1.82, 2.24) is 5.32 Å². The van der Waals surface area contributed by atoms with E-state index in [1.165, 1.54) is 0 Å². The molecule has 0 aliphatic heterocycles. The molecule has 5 heteroatoms. The van der Waals surface area contributed by atoms with Crippen molar-refractivity contribution in [1.29, 1.82) is 0 Å². The molecule has 120 valence electrons. The van der Waals surface area contributed by atoms with Crippen LogP contribution in [0.3, 0.4) is 0 Å². The van der Waals surface area contributed by atoms with Crippen molar-refractivity contribution in [2.75, 3.05) is 25.6 Å². The van der Waals surface area contributed by atoms with Crippen LogP contribution in [0.2, 0.25) is 0 Å². The molecule has 22 heavy (non-hydrogen) atoms. The van der Waals surface area contributed by atoms with Gasteiger partial charge >= 0.3 is 0 Å². The summed E-state index contributed by atoms with van der Waals surface area (Å²) in [6, 6.07) is 5.85. The highest BCUT2D eigenvalue weighted by Crippen LogP contribution is 2.47. The Bertz CT molecular complexity index is 565. The van der Waals surface area contributed by atoms with Gasteiger partial charge in [0.1, 0.15) is 5.41 Å². The summed E-state index contributed by atoms with van der Waals surface area (Å²) in [7, 11) is 1.63. The van der Waals surface area contributed by atoms with E-state index in [2.05, 4.69) is 10.6 Å². The number of aryl methyl sites for hydroxylation is 2. The molecule has 2 N–H and O–H groups in total. The molecule has 0 spiro atoms. The fraction of sp³-hybridized carbons (Fsp3) is 0.529. The lowest BCUT2D eigenvalue weighted by atomic mass is 10.0. The zero-order chi connectivity index (χ0) is 16.2. The lowest BCUT2D eigenvalue weighted by Gasteiger charge is -2.16. The van der Waals surface area contributed by atoms with E-state index < -0.39 is 5.41 Å². The first-order valence-electron chi connectivity index (χ1n) is 7.65. The number of amides is 2. The summed E-state index contributed by atoms with van der Waals surface area (Å²) in [6.07, 6.45) is 1.97. The fourth-order valence-corrected chi connectivity index (χ4v) is 2.47. The number of methoxy groups -OCH3 is 1. The Morgan fingerprint density at radius 2 is 1.95 bits per heavy atom. The third-order valence-electron chi connectivity index (χ3n) is 4.06. The van der Waals surface area contributed by atoms with Gasteiger partial charge in [-0.25, -0.2) is 0 Å². The zero-order valence-electron chi connectivity index (χ0n) is 13.5. The fourth-order valence-electron chi connectivity index (χ4n) is 2.47. The van der Waals surface area contributed by atoms with Crippen molar-refractivity contribution < 1.29 is 14.3 Å². The molecule has 0 atom stereocenters. The molecule has 1 aliphatic rings. The number of rotatable bonds is 7. The van der Waals surface area contributed by atoms with Crippen LogP contribution in [-0.4, -0.2) is 32.1 Å². The first-order valence-corrected chi connectivity index (χ1v) is 7.65. The molecule has 2 rings (SSSR count). The molecule has 2 amide bonds. The van der Waals surface area contributed by atoms with Gasteiger partial charge in [0.15, 0.2) is 0 Å². The quantitative estimate of drug-likeness (QED) is 0.599. The second kappa shape index (κ2) is 6.92. The Balaban J connectivity index is 1.95. The van der Waals surface area contributed by atoms with Gasteiger partial charge in [-0.05, 0) is 44.7 Å². The standard InChI is InChI=1S/C17H24N2O3/c1-12-5-6-14(13(2)11-12)19-16(21)17(7-8-17)15(20)18-9-4-10-22-3/h5-6,11H,4,7-10H2,1-3H3,(H,18,20)(H,19,21). The highest BCUT2D eigenvalue weighted by molar-refractivity contribution is 6.13. The molecule has 0 radical (unpaired) electrons. The molecule has 5 nitrogen and oxygen atoms in total. The number of carbonyl (C=O) groups excluding carboxylic acids is 2. The van der Waals surface area contributed by atoms with Crippen LogP contribution in [0.4, 0.5) is 5.69 Å². The van der Waals surface area contributed by atoms with Crippen LogP contribution in [-0.2, 0) is 14.3 Å². The second-order valence-corrected chi connectivity index (χ2v) is 5.96. The van der Waals surface area contributed by atoms with Gasteiger partial charge < -0.3 is 15.4 Å². The Hall–Kier alpha value is -1.88. The van der Waals surface area contributed by atoms with E-state index >= 15 is 0 Å². The maximum Gasteiger partial charge on any atom is 0.240 e. The van der Waals surface area contributed by atoms with Gasteiger partial charge in [0, 0.05) is 25.9 Å². The molecular weight excluding hydrogens is 280 g/mol. The average molecular weight is 304 g/mol. The predicted octanol–water partition coefficient (Wildman–Crippen LogP) is 2.17. The van der Waals surface area contributed by atoms with Gasteiger partial charge in [-0.1, -0.05) is 17.7 Å². The third-order valence-corrected chi connectivity index (χ3v) is 4.06. The Morgan fingerprint density at radius 3 is 2.55 bits per heavy atom. The van der Waals surface area contributed by atoms with E-state index in [0.29, 0.717) is 26.0 Å². The van der Waals surface area contributed by atoms with E-state index in [0.717, 1.165) is 23.2 Å². The van der Waals surface area contributed by atoms with Crippen molar-refractivity contribution in [2.24, 2.45) is 5.41 Å². The highest BCUT2D eigenvalue weighted by Gasteiger charge is 2.56. The first-order chi connectivity index (χ1) is 10.5. The molecule has 0 heterocycles. The summed E-state index contributed by atoms with van der Waals surface area (Å²) in [4.78, 5) is 24.7. The van der Waals surface area contributed by atoms with Crippen LogP contribution in [0, 0.1) is 19.3 Å². The Kier molecular flexibility index (Phi) is 5.19. The smallest absolute Gasteiger partial charge is 0.240 e. The van der Waals surface area contributed by atoms with Gasteiger partial charge in [-0.2, -0.15) is 0 Å². The molecule has 0 saturated heterocycles. The number of hydrogen-bond donors (Lipinski definition) is 2. The molecule has 1 aromatic rings. The summed E-state index contributed by atoms with van der Waals surface area (Å²) >= 11 is 0. The molecule has 1 aliphatic carbocycles. The normalized spacial score (nSPS) is 15.2. The van der Waals surface area contributed by atoms with Crippen LogP contribution in [0.5, 0.6) is 0 Å². The van der Waals surface area contributed by atoms with E-state index in [9.17, 15) is 9.59 Å². The SMILES string of the molecule is COCCCNC(=O)C1(C(=O)Nc2ccc(C)cc2C)CC1. The second-order valence-electron chi connectivity index (χ2n) is 5.96. The number of carbonyl (C=O) groups is 2. The topological polar surface area (TPSA) is 67.4 Å². The largest absolute Gasteiger partial charge is 0.385 e. The van der Waals surface area contributed by atoms with Crippen molar-refractivity contribution in [3.63, 3.8) is 0 Å². The lowest BCUT2D eigenvalue weighted by Crippen LogP contribution is -2.40. The summed E-state index contributed by atoms with van der Waals surface area (Å²) in [5, 5.41) is 5.73. The monoisotopic (exact) mass is 304 g/mol. The van der Waals surface area contributed by atoms with Crippen LogP contribution < -0.4 is 10.6 Å². The minimum absolute atomic E-state index is 0.175. The summed E-state index contributed by atoms with van der Waals surface area (Å²) in [5.74, 6) is -0.380. The number of ether oxygens (including phenoxy) is 1. The van der Waals surface area contributed by atoms with E-state index in [1.807, 2.05) is 32.0 Å². The van der Waals surface area contributed by atoms with Crippen molar-refractivity contribution in [3.05, 3.63) is 29.3 Å². The first kappa shape index (κ1) is 16.5. The van der Waals surface area contributed by atoms with Crippen molar-refractivity contribution in [3.8, 4) is 0 Å². The summed E-state index contributed by atoms with van der Waals surface area (Å²) < 4.78 is 4.94. The number of benzene rings is 1. The third kappa shape index (κ3) is 3.65. The predicted molar refractivity (Wildman–Crippen MR) is 85.7 cm³/mol. The molecule has 0 aromatic heterocycles. The number of hydrogen-bond acceptors (Lipinski definition) is 3. The van der Waals surface area contributed by atoms with Gasteiger partial charge in [0.05, 0.1) is 0 Å². The van der Waals surface area contributed by atoms with Gasteiger partial charge in [-0.3, -0.25) is 9.59 Å². The van der Waals surface area contributed by atoms with Crippen molar-refractivity contribution in [2.45, 2.75) is 33.1 Å². The molecular formula is C17H24N2O3. The zero-order valence-corrected chi connectivity index (χ0v) is 13.5. The molecule has 0 unspecified atom stereocenters. The van der Waals surface area contributed by atoms with Crippen LogP contribution in [0.1, 0.15) is 30.4 Å². The Labute approximate surface area is 131 Å². The number of anilines is 1. The van der Waals surface area contributed by atoms with Crippen LogP contribution >= 0.6 is 0 Å². The minimum atomic E-state index is -0.885. The molecule has 0 bridgehead atoms. The molecule has 1 aromatic carbocycles. The lowest BCUT2D eigenvalue weighted by molar-refractivity contribution is -0.134. The van der Waals surface area contributed by atoms with Crippen LogP contribution in [0.25, 0.3) is 0 Å². The van der Waals surface area contributed by atoms with E-state index in [1.54, 1.807) is 7.11 Å². The summed E-state index contributed by atoms with van der Waals surface area (Å²) in [5.41, 5.74) is 2.04. The highest BCUT2D eigenvalue weighted by atomic mass is 16.5. The maximum atomic E-state index is 12.5. The van der Waals surface area contributed by atoms with Crippen molar-refractivity contribution >= 4 is 17.5 Å². The summed E-state index contributed by atoms with van der Waals surface area (Å²) in [6.45, 7) is 5.09. The van der Waals surface area contributed by atoms with E-state index in [4.69, 9.17) is 4.74 Å².